The average molecular weight is 383 g/mol. The summed E-state index contributed by atoms with van der Waals surface area (Å²) in [7, 11) is 4.88. The molecule has 0 N–H and O–H groups in total. The number of aryl methyl sites for hydroxylation is 1. The highest BCUT2D eigenvalue weighted by molar-refractivity contribution is 5.85. The molecule has 0 aliphatic carbocycles. The van der Waals surface area contributed by atoms with E-state index in [0.29, 0.717) is 17.2 Å². The van der Waals surface area contributed by atoms with Gasteiger partial charge in [0.15, 0.2) is 11.5 Å². The Morgan fingerprint density at radius 1 is 0.857 bits per heavy atom. The second-order valence-electron chi connectivity index (χ2n) is 6.91. The maximum absolute atomic E-state index is 5.47. The lowest BCUT2D eigenvalue weighted by Crippen LogP contribution is -2.43. The quantitative estimate of drug-likeness (QED) is 0.688. The second-order valence-corrected chi connectivity index (χ2v) is 6.91. The predicted molar refractivity (Wildman–Crippen MR) is 112 cm³/mol. The van der Waals surface area contributed by atoms with Crippen LogP contribution in [0.15, 0.2) is 41.5 Å². The average Bonchev–Trinajstić information content (AvgIpc) is 2.74. The lowest BCUT2D eigenvalue weighted by molar-refractivity contribution is 0.131. The first kappa shape index (κ1) is 20.0. The van der Waals surface area contributed by atoms with Crippen molar-refractivity contribution in [3.05, 3.63) is 53.1 Å². The molecule has 0 bridgehead atoms. The molecule has 0 saturated carbocycles. The van der Waals surface area contributed by atoms with Gasteiger partial charge in [0, 0.05) is 44.4 Å². The first-order chi connectivity index (χ1) is 13.6. The molecule has 0 amide bonds. The minimum Gasteiger partial charge on any atom is -0.496 e. The van der Waals surface area contributed by atoms with Gasteiger partial charge in [-0.3, -0.25) is 9.91 Å². The molecule has 2 aromatic rings. The summed E-state index contributed by atoms with van der Waals surface area (Å²) in [6, 6.07) is 12.5. The number of rotatable bonds is 7. The van der Waals surface area contributed by atoms with Crippen molar-refractivity contribution in [1.82, 2.24) is 9.91 Å². The van der Waals surface area contributed by atoms with Crippen molar-refractivity contribution in [2.45, 2.75) is 13.5 Å². The maximum Gasteiger partial charge on any atom is 0.164 e. The Labute approximate surface area is 167 Å². The van der Waals surface area contributed by atoms with E-state index in [1.165, 1.54) is 11.1 Å². The SMILES string of the molecule is COc1cc(OC)c(OC)cc1/C=N/N1CCN(Cc2ccc(C)cc2)CC1. The van der Waals surface area contributed by atoms with E-state index in [1.807, 2.05) is 18.3 Å². The Hall–Kier alpha value is -2.73. The van der Waals surface area contributed by atoms with Crippen LogP contribution in [0.1, 0.15) is 16.7 Å². The van der Waals surface area contributed by atoms with E-state index in [-0.39, 0.29) is 0 Å². The van der Waals surface area contributed by atoms with E-state index in [9.17, 15) is 0 Å². The topological polar surface area (TPSA) is 46.5 Å². The number of hydrogen-bond donors (Lipinski definition) is 0. The van der Waals surface area contributed by atoms with Gasteiger partial charge >= 0.3 is 0 Å². The van der Waals surface area contributed by atoms with Crippen molar-refractivity contribution in [3.8, 4) is 17.2 Å². The van der Waals surface area contributed by atoms with Gasteiger partial charge in [0.2, 0.25) is 0 Å². The molecule has 0 atom stereocenters. The zero-order chi connectivity index (χ0) is 19.9. The first-order valence-electron chi connectivity index (χ1n) is 9.49. The summed E-state index contributed by atoms with van der Waals surface area (Å²) >= 11 is 0. The molecule has 1 aliphatic rings. The predicted octanol–water partition coefficient (Wildman–Crippen LogP) is 3.17. The van der Waals surface area contributed by atoms with E-state index < -0.39 is 0 Å². The molecule has 0 spiro atoms. The van der Waals surface area contributed by atoms with Gasteiger partial charge in [-0.2, -0.15) is 5.10 Å². The van der Waals surface area contributed by atoms with Gasteiger partial charge in [0.1, 0.15) is 5.75 Å². The van der Waals surface area contributed by atoms with Crippen molar-refractivity contribution in [1.29, 1.82) is 0 Å². The fraction of sp³-hybridized carbons (Fsp3) is 0.409. The molecule has 6 nitrogen and oxygen atoms in total. The maximum atomic E-state index is 5.47. The van der Waals surface area contributed by atoms with Gasteiger partial charge < -0.3 is 14.2 Å². The number of nitrogens with zero attached hydrogens (tertiary/aromatic N) is 3. The van der Waals surface area contributed by atoms with Crippen LogP contribution in [0.25, 0.3) is 0 Å². The Kier molecular flexibility index (Phi) is 6.76. The largest absolute Gasteiger partial charge is 0.496 e. The van der Waals surface area contributed by atoms with Gasteiger partial charge in [-0.25, -0.2) is 0 Å². The molecule has 0 unspecified atom stereocenters. The molecule has 1 aliphatic heterocycles. The highest BCUT2D eigenvalue weighted by Crippen LogP contribution is 2.33. The molecular weight excluding hydrogens is 354 g/mol. The summed E-state index contributed by atoms with van der Waals surface area (Å²) in [5, 5.41) is 6.75. The Bertz CT molecular complexity index is 797. The standard InChI is InChI=1S/C22H29N3O3/c1-17-5-7-18(8-6-17)16-24-9-11-25(12-10-24)23-15-19-13-21(27-3)22(28-4)14-20(19)26-2/h5-8,13-15H,9-12,16H2,1-4H3/b23-15+. The van der Waals surface area contributed by atoms with Crippen LogP contribution < -0.4 is 14.2 Å². The van der Waals surface area contributed by atoms with E-state index >= 15 is 0 Å². The third-order valence-electron chi connectivity index (χ3n) is 4.97. The molecule has 3 rings (SSSR count). The van der Waals surface area contributed by atoms with Crippen LogP contribution >= 0.6 is 0 Å². The van der Waals surface area contributed by atoms with E-state index in [0.717, 1.165) is 38.3 Å². The molecule has 150 valence electrons. The van der Waals surface area contributed by atoms with Crippen LogP contribution in [-0.4, -0.2) is 63.6 Å². The second kappa shape index (κ2) is 9.46. The van der Waals surface area contributed by atoms with Crippen LogP contribution in [0.5, 0.6) is 17.2 Å². The number of benzene rings is 2. The molecule has 1 saturated heterocycles. The molecule has 6 heteroatoms. The van der Waals surface area contributed by atoms with Crippen molar-refractivity contribution < 1.29 is 14.2 Å². The van der Waals surface area contributed by atoms with Crippen molar-refractivity contribution >= 4 is 6.21 Å². The van der Waals surface area contributed by atoms with E-state index in [2.05, 4.69) is 46.2 Å². The van der Waals surface area contributed by atoms with Crippen LogP contribution in [-0.2, 0) is 6.54 Å². The molecule has 1 fully saturated rings. The van der Waals surface area contributed by atoms with Gasteiger partial charge in [-0.15, -0.1) is 0 Å². The van der Waals surface area contributed by atoms with Gasteiger partial charge in [0.25, 0.3) is 0 Å². The summed E-state index contributed by atoms with van der Waals surface area (Å²) in [6.07, 6.45) is 1.83. The lowest BCUT2D eigenvalue weighted by Gasteiger charge is -2.33. The lowest BCUT2D eigenvalue weighted by atomic mass is 10.1. The molecular formula is C22H29N3O3. The Balaban J connectivity index is 1.59. The summed E-state index contributed by atoms with van der Waals surface area (Å²) in [5.41, 5.74) is 3.52. The molecule has 0 aromatic heterocycles. The van der Waals surface area contributed by atoms with Crippen LogP contribution in [0.2, 0.25) is 0 Å². The van der Waals surface area contributed by atoms with E-state index in [4.69, 9.17) is 14.2 Å². The van der Waals surface area contributed by atoms with Crippen LogP contribution in [0.4, 0.5) is 0 Å². The zero-order valence-electron chi connectivity index (χ0n) is 17.1. The van der Waals surface area contributed by atoms with Gasteiger partial charge in [0.05, 0.1) is 27.5 Å². The highest BCUT2D eigenvalue weighted by atomic mass is 16.5. The fourth-order valence-corrected chi connectivity index (χ4v) is 3.26. The van der Waals surface area contributed by atoms with E-state index in [1.54, 1.807) is 21.3 Å². The van der Waals surface area contributed by atoms with Crippen molar-refractivity contribution in [3.63, 3.8) is 0 Å². The third kappa shape index (κ3) is 4.95. The molecule has 0 radical (unpaired) electrons. The highest BCUT2D eigenvalue weighted by Gasteiger charge is 2.16. The summed E-state index contributed by atoms with van der Waals surface area (Å²) in [6.45, 7) is 6.90. The number of piperazine rings is 1. The van der Waals surface area contributed by atoms with Crippen molar-refractivity contribution in [2.75, 3.05) is 47.5 Å². The van der Waals surface area contributed by atoms with Crippen molar-refractivity contribution in [2.24, 2.45) is 5.10 Å². The van der Waals surface area contributed by atoms with Gasteiger partial charge in [-0.05, 0) is 18.6 Å². The monoisotopic (exact) mass is 383 g/mol. The van der Waals surface area contributed by atoms with Crippen LogP contribution in [0, 0.1) is 6.92 Å². The van der Waals surface area contributed by atoms with Gasteiger partial charge in [-0.1, -0.05) is 29.8 Å². The van der Waals surface area contributed by atoms with Crippen LogP contribution in [0.3, 0.4) is 0 Å². The third-order valence-corrected chi connectivity index (χ3v) is 4.97. The molecule has 2 aromatic carbocycles. The summed E-state index contributed by atoms with van der Waals surface area (Å²) in [4.78, 5) is 2.47. The Morgan fingerprint density at radius 2 is 1.46 bits per heavy atom. The zero-order valence-corrected chi connectivity index (χ0v) is 17.1. The number of hydrazone groups is 1. The number of ether oxygens (including phenoxy) is 3. The first-order valence-corrected chi connectivity index (χ1v) is 9.49. The minimum absolute atomic E-state index is 0.640. The fourth-order valence-electron chi connectivity index (χ4n) is 3.26. The summed E-state index contributed by atoms with van der Waals surface area (Å²) < 4.78 is 16.2. The summed E-state index contributed by atoms with van der Waals surface area (Å²) in [5.74, 6) is 2.01. The minimum atomic E-state index is 0.640. The normalized spacial score (nSPS) is 15.1. The smallest absolute Gasteiger partial charge is 0.164 e. The number of methoxy groups -OCH3 is 3. The Morgan fingerprint density at radius 3 is 2.07 bits per heavy atom. The molecule has 28 heavy (non-hydrogen) atoms. The number of hydrogen-bond acceptors (Lipinski definition) is 6. The molecule has 1 heterocycles.